The number of carbonyl (C=O) groups is 1. The van der Waals surface area contributed by atoms with E-state index in [2.05, 4.69) is 5.10 Å². The molecule has 4 nitrogen and oxygen atoms in total. The minimum Gasteiger partial charge on any atom is -0.464 e. The molecule has 0 radical (unpaired) electrons. The van der Waals surface area contributed by atoms with Crippen molar-refractivity contribution in [2.45, 2.75) is 19.8 Å². The van der Waals surface area contributed by atoms with Crippen LogP contribution in [0.4, 0.5) is 0 Å². The molecule has 0 N–H and O–H groups in total. The second-order valence-electron chi connectivity index (χ2n) is 4.58. The van der Waals surface area contributed by atoms with Gasteiger partial charge in [0.15, 0.2) is 5.69 Å². The monoisotopic (exact) mass is 312 g/mol. The van der Waals surface area contributed by atoms with Crippen LogP contribution in [-0.2, 0) is 4.74 Å². The van der Waals surface area contributed by atoms with Gasteiger partial charge < -0.3 is 4.74 Å². The van der Waals surface area contributed by atoms with E-state index in [-0.39, 0.29) is 5.92 Å². The standard InChI is InChI=1S/C14H14Cl2N2O2/c1-8(2)9-7-17-18(12(9)14(19)20-3)13-10(15)5-4-6-11(13)16/h4-8H,1-3H3. The number of methoxy groups -OCH3 is 1. The molecule has 0 aliphatic heterocycles. The molecule has 1 aromatic carbocycles. The van der Waals surface area contributed by atoms with Gasteiger partial charge in [0.1, 0.15) is 5.69 Å². The van der Waals surface area contributed by atoms with Crippen molar-refractivity contribution < 1.29 is 9.53 Å². The fourth-order valence-electron chi connectivity index (χ4n) is 1.95. The van der Waals surface area contributed by atoms with Crippen LogP contribution < -0.4 is 0 Å². The van der Waals surface area contributed by atoms with E-state index in [4.69, 9.17) is 27.9 Å². The minimum absolute atomic E-state index is 0.124. The number of nitrogens with zero attached hydrogens (tertiary/aromatic N) is 2. The maximum absolute atomic E-state index is 12.0. The number of esters is 1. The molecule has 1 heterocycles. The number of para-hydroxylation sites is 1. The molecule has 20 heavy (non-hydrogen) atoms. The molecule has 0 spiro atoms. The van der Waals surface area contributed by atoms with Gasteiger partial charge in [0.25, 0.3) is 0 Å². The Morgan fingerprint density at radius 2 is 1.90 bits per heavy atom. The number of ether oxygens (including phenoxy) is 1. The molecule has 0 amide bonds. The zero-order valence-corrected chi connectivity index (χ0v) is 12.9. The lowest BCUT2D eigenvalue weighted by atomic mass is 10.0. The van der Waals surface area contributed by atoms with Crippen LogP contribution in [0.25, 0.3) is 5.69 Å². The largest absolute Gasteiger partial charge is 0.464 e. The quantitative estimate of drug-likeness (QED) is 0.802. The van der Waals surface area contributed by atoms with Crippen LogP contribution in [0.15, 0.2) is 24.4 Å². The van der Waals surface area contributed by atoms with Crippen molar-refractivity contribution in [2.24, 2.45) is 0 Å². The van der Waals surface area contributed by atoms with Crippen LogP contribution in [-0.4, -0.2) is 22.9 Å². The molecule has 0 unspecified atom stereocenters. The maximum Gasteiger partial charge on any atom is 0.357 e. The zero-order valence-electron chi connectivity index (χ0n) is 11.4. The summed E-state index contributed by atoms with van der Waals surface area (Å²) >= 11 is 12.4. The molecule has 1 aromatic heterocycles. The normalized spacial score (nSPS) is 10.9. The van der Waals surface area contributed by atoms with E-state index >= 15 is 0 Å². The number of hydrogen-bond acceptors (Lipinski definition) is 3. The van der Waals surface area contributed by atoms with E-state index < -0.39 is 5.97 Å². The van der Waals surface area contributed by atoms with Crippen LogP contribution in [0, 0.1) is 0 Å². The molecule has 0 saturated carbocycles. The third kappa shape index (κ3) is 2.53. The molecule has 6 heteroatoms. The lowest BCUT2D eigenvalue weighted by Crippen LogP contribution is -2.13. The Labute approximate surface area is 127 Å². The van der Waals surface area contributed by atoms with Crippen molar-refractivity contribution in [1.29, 1.82) is 0 Å². The molecule has 106 valence electrons. The first kappa shape index (κ1) is 14.9. The second-order valence-corrected chi connectivity index (χ2v) is 5.39. The fraction of sp³-hybridized carbons (Fsp3) is 0.286. The Morgan fingerprint density at radius 1 is 1.30 bits per heavy atom. The van der Waals surface area contributed by atoms with Gasteiger partial charge in [-0.25, -0.2) is 9.48 Å². The molecule has 0 saturated heterocycles. The molecule has 0 fully saturated rings. The zero-order chi connectivity index (χ0) is 14.9. The summed E-state index contributed by atoms with van der Waals surface area (Å²) in [5.74, 6) is -0.346. The van der Waals surface area contributed by atoms with E-state index in [0.717, 1.165) is 5.56 Å². The molecular formula is C14H14Cl2N2O2. The van der Waals surface area contributed by atoms with Crippen molar-refractivity contribution >= 4 is 29.2 Å². The maximum atomic E-state index is 12.0. The summed E-state index contributed by atoms with van der Waals surface area (Å²) in [6, 6.07) is 5.12. The van der Waals surface area contributed by atoms with Crippen molar-refractivity contribution in [3.63, 3.8) is 0 Å². The first-order valence-corrected chi connectivity index (χ1v) is 6.83. The molecule has 0 atom stereocenters. The Balaban J connectivity index is 2.72. The Hall–Kier alpha value is -1.52. The lowest BCUT2D eigenvalue weighted by molar-refractivity contribution is 0.0588. The first-order chi connectivity index (χ1) is 9.47. The van der Waals surface area contributed by atoms with Crippen molar-refractivity contribution in [2.75, 3.05) is 7.11 Å². The van der Waals surface area contributed by atoms with Gasteiger partial charge in [-0.1, -0.05) is 43.1 Å². The molecule has 0 bridgehead atoms. The second kappa shape index (κ2) is 5.85. The summed E-state index contributed by atoms with van der Waals surface area (Å²) < 4.78 is 6.28. The smallest absolute Gasteiger partial charge is 0.357 e. The van der Waals surface area contributed by atoms with E-state index in [1.54, 1.807) is 24.4 Å². The van der Waals surface area contributed by atoms with Crippen LogP contribution >= 0.6 is 23.2 Å². The highest BCUT2D eigenvalue weighted by atomic mass is 35.5. The Bertz CT molecular complexity index is 630. The van der Waals surface area contributed by atoms with Crippen molar-refractivity contribution in [1.82, 2.24) is 9.78 Å². The van der Waals surface area contributed by atoms with Gasteiger partial charge in [0.2, 0.25) is 0 Å². The third-order valence-electron chi connectivity index (χ3n) is 2.95. The fourth-order valence-corrected chi connectivity index (χ4v) is 2.50. The Morgan fingerprint density at radius 3 is 2.40 bits per heavy atom. The topological polar surface area (TPSA) is 44.1 Å². The summed E-state index contributed by atoms with van der Waals surface area (Å²) in [5, 5.41) is 5.08. The highest BCUT2D eigenvalue weighted by molar-refractivity contribution is 6.37. The first-order valence-electron chi connectivity index (χ1n) is 6.08. The average molecular weight is 313 g/mol. The van der Waals surface area contributed by atoms with Crippen molar-refractivity contribution in [3.05, 3.63) is 45.7 Å². The molecular weight excluding hydrogens is 299 g/mol. The lowest BCUT2D eigenvalue weighted by Gasteiger charge is -2.12. The van der Waals surface area contributed by atoms with E-state index in [0.29, 0.717) is 21.4 Å². The Kier molecular flexibility index (Phi) is 4.35. The number of hydrogen-bond donors (Lipinski definition) is 0. The number of benzene rings is 1. The van der Waals surface area contributed by atoms with Crippen LogP contribution in [0.2, 0.25) is 10.0 Å². The number of rotatable bonds is 3. The van der Waals surface area contributed by atoms with Crippen molar-refractivity contribution in [3.8, 4) is 5.69 Å². The van der Waals surface area contributed by atoms with Gasteiger partial charge in [-0.3, -0.25) is 0 Å². The highest BCUT2D eigenvalue weighted by Crippen LogP contribution is 2.31. The van der Waals surface area contributed by atoms with Gasteiger partial charge in [0, 0.05) is 5.56 Å². The summed E-state index contributed by atoms with van der Waals surface area (Å²) in [4.78, 5) is 12.0. The van der Waals surface area contributed by atoms with E-state index in [9.17, 15) is 4.79 Å². The van der Waals surface area contributed by atoms with Gasteiger partial charge in [-0.2, -0.15) is 5.10 Å². The summed E-state index contributed by atoms with van der Waals surface area (Å²) in [6.07, 6.45) is 1.64. The van der Waals surface area contributed by atoms with Crippen LogP contribution in [0.3, 0.4) is 0 Å². The predicted molar refractivity (Wildman–Crippen MR) is 79.0 cm³/mol. The number of carbonyl (C=O) groups excluding carboxylic acids is 1. The average Bonchev–Trinajstić information content (AvgIpc) is 2.82. The van der Waals surface area contributed by atoms with Gasteiger partial charge in [-0.05, 0) is 18.1 Å². The van der Waals surface area contributed by atoms with Gasteiger partial charge in [0.05, 0.1) is 23.4 Å². The minimum atomic E-state index is -0.470. The number of halogens is 2. The predicted octanol–water partition coefficient (Wildman–Crippen LogP) is 4.09. The summed E-state index contributed by atoms with van der Waals surface area (Å²) in [5.41, 5.74) is 1.61. The van der Waals surface area contributed by atoms with E-state index in [1.165, 1.54) is 11.8 Å². The molecule has 0 aliphatic rings. The van der Waals surface area contributed by atoms with Gasteiger partial charge >= 0.3 is 5.97 Å². The number of aromatic nitrogens is 2. The van der Waals surface area contributed by atoms with Crippen LogP contribution in [0.1, 0.15) is 35.8 Å². The van der Waals surface area contributed by atoms with Gasteiger partial charge in [-0.15, -0.1) is 0 Å². The molecule has 2 aromatic rings. The summed E-state index contributed by atoms with van der Waals surface area (Å²) in [7, 11) is 1.33. The van der Waals surface area contributed by atoms with E-state index in [1.807, 2.05) is 13.8 Å². The highest BCUT2D eigenvalue weighted by Gasteiger charge is 2.24. The van der Waals surface area contributed by atoms with Crippen LogP contribution in [0.5, 0.6) is 0 Å². The summed E-state index contributed by atoms with van der Waals surface area (Å²) in [6.45, 7) is 3.95. The molecule has 2 rings (SSSR count). The third-order valence-corrected chi connectivity index (χ3v) is 3.56. The molecule has 0 aliphatic carbocycles. The SMILES string of the molecule is COC(=O)c1c(C(C)C)cnn1-c1c(Cl)cccc1Cl.